The molecule has 4 aliphatic rings. The van der Waals surface area contributed by atoms with E-state index in [9.17, 15) is 9.13 Å². The summed E-state index contributed by atoms with van der Waals surface area (Å²) in [5, 5.41) is 0. The molecular formula is C50H56O10P2. The Labute approximate surface area is 365 Å². The Morgan fingerprint density at radius 3 is 1.39 bits per heavy atom. The summed E-state index contributed by atoms with van der Waals surface area (Å²) in [6.45, 7) is 34.3. The molecule has 12 heteroatoms. The molecule has 4 heterocycles. The minimum atomic E-state index is -4.48. The highest BCUT2D eigenvalue weighted by Gasteiger charge is 2.54. The van der Waals surface area contributed by atoms with Crippen molar-refractivity contribution < 1.29 is 46.3 Å². The molecule has 5 aromatic rings. The van der Waals surface area contributed by atoms with Crippen molar-refractivity contribution in [2.24, 2.45) is 0 Å². The molecule has 10 nitrogen and oxygen atoms in total. The lowest BCUT2D eigenvalue weighted by molar-refractivity contribution is -0.127. The van der Waals surface area contributed by atoms with Crippen molar-refractivity contribution in [3.8, 4) is 79.0 Å². The fourth-order valence-electron chi connectivity index (χ4n) is 9.27. The van der Waals surface area contributed by atoms with Crippen molar-refractivity contribution in [3.63, 3.8) is 0 Å². The highest BCUT2D eigenvalue weighted by Crippen LogP contribution is 2.74. The molecule has 0 aliphatic carbocycles. The van der Waals surface area contributed by atoms with Crippen molar-refractivity contribution in [1.29, 1.82) is 0 Å². The third-order valence-corrected chi connectivity index (χ3v) is 14.7. The first kappa shape index (κ1) is 42.6. The number of aryl methyl sites for hydroxylation is 1. The van der Waals surface area contributed by atoms with E-state index in [0.29, 0.717) is 33.4 Å². The van der Waals surface area contributed by atoms with Crippen molar-refractivity contribution in [2.75, 3.05) is 0 Å². The molecule has 5 bridgehead atoms. The topological polar surface area (TPSA) is 108 Å². The largest absolute Gasteiger partial charge is 0.625 e. The molecule has 326 valence electrons. The van der Waals surface area contributed by atoms with Gasteiger partial charge in [-0.2, -0.15) is 0 Å². The zero-order valence-electron chi connectivity index (χ0n) is 38.6. The number of fused-ring (bicyclic) bond motifs is 6. The molecule has 2 unspecified atom stereocenters. The molecule has 0 spiro atoms. The van der Waals surface area contributed by atoms with E-state index in [1.807, 2.05) is 33.8 Å². The van der Waals surface area contributed by atoms with E-state index in [1.54, 1.807) is 0 Å². The molecular weight excluding hydrogens is 822 g/mol. The van der Waals surface area contributed by atoms with E-state index in [4.69, 9.17) is 37.2 Å². The quantitative estimate of drug-likeness (QED) is 0.128. The first-order chi connectivity index (χ1) is 28.6. The summed E-state index contributed by atoms with van der Waals surface area (Å²) in [7, 11) is -8.74. The van der Waals surface area contributed by atoms with Crippen LogP contribution in [0.2, 0.25) is 0 Å². The molecule has 0 fully saturated rings. The third kappa shape index (κ3) is 6.50. The van der Waals surface area contributed by atoms with Gasteiger partial charge in [0.05, 0.1) is 11.1 Å². The fraction of sp³-hybridized carbons (Fsp3) is 0.400. The van der Waals surface area contributed by atoms with E-state index in [0.717, 1.165) is 38.9 Å². The van der Waals surface area contributed by atoms with Crippen molar-refractivity contribution in [2.45, 2.75) is 132 Å². The predicted molar refractivity (Wildman–Crippen MR) is 243 cm³/mol. The summed E-state index contributed by atoms with van der Waals surface area (Å²) in [6, 6.07) is 17.3. The number of benzene rings is 5. The number of phosphoric acid groups is 2. The van der Waals surface area contributed by atoms with Gasteiger partial charge < -0.3 is 27.9 Å². The van der Waals surface area contributed by atoms with Gasteiger partial charge in [0.25, 0.3) is 0 Å². The van der Waals surface area contributed by atoms with E-state index in [2.05, 4.69) is 126 Å². The Bertz CT molecular complexity index is 2900. The fourth-order valence-corrected chi connectivity index (χ4v) is 11.4. The Morgan fingerprint density at radius 2 is 0.839 bits per heavy atom. The van der Waals surface area contributed by atoms with Gasteiger partial charge in [0, 0.05) is 16.7 Å². The maximum Gasteiger partial charge on any atom is 0.625 e. The van der Waals surface area contributed by atoms with Crippen molar-refractivity contribution in [3.05, 3.63) is 93.0 Å². The van der Waals surface area contributed by atoms with E-state index >= 15 is 0 Å². The monoisotopic (exact) mass is 878 g/mol. The molecule has 0 saturated heterocycles. The summed E-state index contributed by atoms with van der Waals surface area (Å²) < 4.78 is 64.7. The Hall–Kier alpha value is -4.72. The molecule has 62 heavy (non-hydrogen) atoms. The number of hydrogen-bond acceptors (Lipinski definition) is 10. The lowest BCUT2D eigenvalue weighted by Crippen LogP contribution is -2.17. The molecule has 2 atom stereocenters. The van der Waals surface area contributed by atoms with Crippen LogP contribution in [0.1, 0.15) is 128 Å². The van der Waals surface area contributed by atoms with E-state index in [1.165, 1.54) is 16.7 Å². The van der Waals surface area contributed by atoms with Gasteiger partial charge in [0.15, 0.2) is 23.0 Å². The van der Waals surface area contributed by atoms with E-state index < -0.39 is 15.6 Å². The number of hydrogen-bond donors (Lipinski definition) is 0. The zero-order chi connectivity index (χ0) is 45.0. The van der Waals surface area contributed by atoms with Gasteiger partial charge in [-0.25, -0.2) is 9.13 Å². The van der Waals surface area contributed by atoms with Crippen LogP contribution in [0.4, 0.5) is 0 Å². The van der Waals surface area contributed by atoms with Crippen LogP contribution in [-0.4, -0.2) is 0 Å². The number of phosphoric ester groups is 2. The first-order valence-corrected chi connectivity index (χ1v) is 24.1. The lowest BCUT2D eigenvalue weighted by atomic mass is 9.75. The summed E-state index contributed by atoms with van der Waals surface area (Å²) >= 11 is 0. The van der Waals surface area contributed by atoms with Crippen LogP contribution in [0, 0.1) is 27.7 Å². The van der Waals surface area contributed by atoms with Gasteiger partial charge in [0.1, 0.15) is 0 Å². The maximum atomic E-state index is 14.7. The maximum absolute atomic E-state index is 14.7. The van der Waals surface area contributed by atoms with Crippen LogP contribution in [0.3, 0.4) is 0 Å². The van der Waals surface area contributed by atoms with Gasteiger partial charge in [-0.3, -0.25) is 0 Å². The standard InChI is InChI=1S/C50H56O10P2/c1-25-17-20-31(32-21-18-29(47(5,6)7)23-34(32)49(11,12)13)26(2)36(25)39-42-40(43-46-45(39)57-62(52,58-46)60-54-43)37-27(3)38(44-41(28(37)4)55-61(51,56-44)59-53-42)33-22-19-30(48(8,9)10)24-35(33)50(14,15)16/h17-24H,1-16H3. The van der Waals surface area contributed by atoms with Crippen LogP contribution < -0.4 is 27.9 Å². The lowest BCUT2D eigenvalue weighted by Gasteiger charge is -2.30. The highest BCUT2D eigenvalue weighted by molar-refractivity contribution is 7.50. The number of rotatable bonds is 3. The second-order valence-corrected chi connectivity index (χ2v) is 24.1. The molecule has 0 saturated carbocycles. The normalized spacial score (nSPS) is 19.9. The average Bonchev–Trinajstić information content (AvgIpc) is 3.67. The second-order valence-electron chi connectivity index (χ2n) is 21.3. The molecule has 0 N–H and O–H groups in total. The summed E-state index contributed by atoms with van der Waals surface area (Å²) in [5.41, 5.74) is 12.7. The first-order valence-electron chi connectivity index (χ1n) is 21.2. The summed E-state index contributed by atoms with van der Waals surface area (Å²) in [4.78, 5) is 12.2. The van der Waals surface area contributed by atoms with Crippen LogP contribution in [-0.2, 0) is 40.1 Å². The van der Waals surface area contributed by atoms with Crippen LogP contribution in [0.25, 0.3) is 44.5 Å². The van der Waals surface area contributed by atoms with Gasteiger partial charge in [0.2, 0.25) is 11.5 Å². The Morgan fingerprint density at radius 1 is 0.387 bits per heavy atom. The van der Waals surface area contributed by atoms with Gasteiger partial charge >= 0.3 is 15.6 Å². The van der Waals surface area contributed by atoms with Gasteiger partial charge in [-0.1, -0.05) is 141 Å². The minimum absolute atomic E-state index is 0.0594. The SMILES string of the molecule is Cc1ccc(-c2ccc(C(C)(C)C)cc2C(C)(C)C)c(C)c1-c1c2c3c(c4c1OOP1(=O)Oc5c(C)c-4c(C)c(-c4ccc(C(C)(C)C)cc4C(C)(C)C)c5O1)OOP(=O)(O3)O2. The second kappa shape index (κ2) is 13.4. The molecule has 0 aromatic heterocycles. The van der Waals surface area contributed by atoms with Crippen molar-refractivity contribution >= 4 is 15.6 Å². The van der Waals surface area contributed by atoms with Crippen LogP contribution in [0.15, 0.2) is 48.5 Å². The molecule has 0 radical (unpaired) electrons. The summed E-state index contributed by atoms with van der Waals surface area (Å²) in [6.07, 6.45) is 0. The van der Waals surface area contributed by atoms with Gasteiger partial charge in [-0.15, -0.1) is 0 Å². The molecule has 9 rings (SSSR count). The molecule has 4 aliphatic heterocycles. The Balaban J connectivity index is 1.39. The van der Waals surface area contributed by atoms with E-state index in [-0.39, 0.29) is 56.2 Å². The molecule has 0 amide bonds. The van der Waals surface area contributed by atoms with Gasteiger partial charge in [-0.05, 0) is 111 Å². The summed E-state index contributed by atoms with van der Waals surface area (Å²) in [5.74, 6) is 0.860. The average molecular weight is 879 g/mol. The highest BCUT2D eigenvalue weighted by atomic mass is 31.2. The van der Waals surface area contributed by atoms with Crippen molar-refractivity contribution in [1.82, 2.24) is 0 Å². The van der Waals surface area contributed by atoms with Crippen LogP contribution >= 0.6 is 15.6 Å². The minimum Gasteiger partial charge on any atom is -0.389 e. The smallest absolute Gasteiger partial charge is 0.389 e. The third-order valence-electron chi connectivity index (χ3n) is 12.6. The predicted octanol–water partition coefficient (Wildman–Crippen LogP) is 15.2. The van der Waals surface area contributed by atoms with Crippen LogP contribution in [0.5, 0.6) is 34.5 Å². The Kier molecular flexibility index (Phi) is 9.20. The zero-order valence-corrected chi connectivity index (χ0v) is 40.4. The molecule has 5 aromatic carbocycles.